The highest BCUT2D eigenvalue weighted by molar-refractivity contribution is 7.10. The summed E-state index contributed by atoms with van der Waals surface area (Å²) in [4.78, 5) is 13.2. The van der Waals surface area contributed by atoms with Crippen LogP contribution in [0.3, 0.4) is 0 Å². The Morgan fingerprint density at radius 3 is 2.47 bits per heavy atom. The molecule has 0 N–H and O–H groups in total. The summed E-state index contributed by atoms with van der Waals surface area (Å²) in [5.41, 5.74) is -0.437. The minimum Gasteiger partial charge on any atom is -0.466 e. The highest BCUT2D eigenvalue weighted by atomic mass is 32.1. The largest absolute Gasteiger partial charge is 0.466 e. The third-order valence-corrected chi connectivity index (χ3v) is 4.14. The Balaban J connectivity index is 2.79. The van der Waals surface area contributed by atoms with E-state index in [1.165, 1.54) is 4.88 Å². The van der Waals surface area contributed by atoms with E-state index in [-0.39, 0.29) is 11.4 Å². The van der Waals surface area contributed by atoms with Gasteiger partial charge in [0, 0.05) is 10.3 Å². The fourth-order valence-electron chi connectivity index (χ4n) is 2.25. The molecule has 0 spiro atoms. The van der Waals surface area contributed by atoms with Crippen LogP contribution in [-0.4, -0.2) is 12.6 Å². The molecule has 96 valence electrons. The van der Waals surface area contributed by atoms with E-state index in [9.17, 15) is 4.79 Å². The SMILES string of the molecule is CCOC(=O)C(C)(C)CC(C)(C)c1cccs1. The molecule has 0 saturated heterocycles. The predicted octanol–water partition coefficient (Wildman–Crippen LogP) is 4.01. The fraction of sp³-hybridized carbons (Fsp3) is 0.643. The van der Waals surface area contributed by atoms with Crippen molar-refractivity contribution in [3.8, 4) is 0 Å². The van der Waals surface area contributed by atoms with Gasteiger partial charge in [0.1, 0.15) is 0 Å². The average Bonchev–Trinajstić information content (AvgIpc) is 2.69. The number of hydrogen-bond donors (Lipinski definition) is 0. The summed E-state index contributed by atoms with van der Waals surface area (Å²) in [6.07, 6.45) is 0.791. The molecule has 0 aliphatic carbocycles. The van der Waals surface area contributed by atoms with Crippen molar-refractivity contribution in [3.05, 3.63) is 22.4 Å². The lowest BCUT2D eigenvalue weighted by atomic mass is 9.74. The smallest absolute Gasteiger partial charge is 0.311 e. The van der Waals surface area contributed by atoms with Gasteiger partial charge in [0.05, 0.1) is 12.0 Å². The second-order valence-corrected chi connectivity index (χ2v) is 6.59. The number of thiophene rings is 1. The minimum atomic E-state index is -0.441. The number of ether oxygens (including phenoxy) is 1. The second kappa shape index (κ2) is 5.21. The molecule has 0 radical (unpaired) electrons. The number of carbonyl (C=O) groups is 1. The molecule has 0 amide bonds. The molecule has 0 bridgehead atoms. The predicted molar refractivity (Wildman–Crippen MR) is 72.4 cm³/mol. The summed E-state index contributed by atoms with van der Waals surface area (Å²) in [6, 6.07) is 4.19. The lowest BCUT2D eigenvalue weighted by Gasteiger charge is -2.32. The van der Waals surface area contributed by atoms with Crippen molar-refractivity contribution in [2.45, 2.75) is 46.5 Å². The van der Waals surface area contributed by atoms with E-state index < -0.39 is 5.41 Å². The molecule has 0 aliphatic rings. The van der Waals surface area contributed by atoms with E-state index in [0.29, 0.717) is 6.61 Å². The maximum Gasteiger partial charge on any atom is 0.311 e. The number of carbonyl (C=O) groups excluding carboxylic acids is 1. The number of rotatable bonds is 5. The Morgan fingerprint density at radius 2 is 2.00 bits per heavy atom. The zero-order valence-corrected chi connectivity index (χ0v) is 12.2. The quantitative estimate of drug-likeness (QED) is 0.742. The molecule has 1 aromatic heterocycles. The molecule has 3 heteroatoms. The molecule has 17 heavy (non-hydrogen) atoms. The van der Waals surface area contributed by atoms with Gasteiger partial charge in [-0.2, -0.15) is 0 Å². The molecule has 2 nitrogen and oxygen atoms in total. The van der Waals surface area contributed by atoms with Gasteiger partial charge in [-0.05, 0) is 38.6 Å². The molecule has 0 aliphatic heterocycles. The van der Waals surface area contributed by atoms with Crippen LogP contribution in [0.1, 0.15) is 45.9 Å². The van der Waals surface area contributed by atoms with Crippen LogP contribution in [0.5, 0.6) is 0 Å². The number of esters is 1. The first-order valence-corrected chi connectivity index (χ1v) is 6.89. The molecule has 1 heterocycles. The molecular formula is C14H22O2S. The zero-order valence-electron chi connectivity index (χ0n) is 11.4. The highest BCUT2D eigenvalue weighted by Gasteiger charge is 2.37. The van der Waals surface area contributed by atoms with Crippen LogP contribution in [0.4, 0.5) is 0 Å². The second-order valence-electron chi connectivity index (χ2n) is 5.64. The highest BCUT2D eigenvalue weighted by Crippen LogP contribution is 2.39. The van der Waals surface area contributed by atoms with Gasteiger partial charge in [-0.3, -0.25) is 4.79 Å². The molecule has 0 unspecified atom stereocenters. The first kappa shape index (κ1) is 14.2. The van der Waals surface area contributed by atoms with E-state index in [2.05, 4.69) is 31.4 Å². The van der Waals surface area contributed by atoms with Crippen LogP contribution in [0.2, 0.25) is 0 Å². The van der Waals surface area contributed by atoms with E-state index in [1.807, 2.05) is 20.8 Å². The van der Waals surface area contributed by atoms with Gasteiger partial charge in [0.15, 0.2) is 0 Å². The third kappa shape index (κ3) is 3.56. The zero-order chi connectivity index (χ0) is 13.1. The first-order chi connectivity index (χ1) is 7.79. The summed E-state index contributed by atoms with van der Waals surface area (Å²) in [6.45, 7) is 10.6. The van der Waals surface area contributed by atoms with E-state index in [4.69, 9.17) is 4.74 Å². The van der Waals surface area contributed by atoms with Crippen LogP contribution >= 0.6 is 11.3 Å². The minimum absolute atomic E-state index is 0.00439. The topological polar surface area (TPSA) is 26.3 Å². The van der Waals surface area contributed by atoms with Crippen LogP contribution in [0.25, 0.3) is 0 Å². The summed E-state index contributed by atoms with van der Waals surface area (Å²) in [5.74, 6) is -0.107. The summed E-state index contributed by atoms with van der Waals surface area (Å²) in [5, 5.41) is 2.08. The molecule has 1 aromatic rings. The van der Waals surface area contributed by atoms with Crippen molar-refractivity contribution in [1.29, 1.82) is 0 Å². The van der Waals surface area contributed by atoms with Crippen LogP contribution in [-0.2, 0) is 14.9 Å². The van der Waals surface area contributed by atoms with Gasteiger partial charge in [-0.25, -0.2) is 0 Å². The molecule has 0 saturated carbocycles. The Kier molecular flexibility index (Phi) is 4.36. The maximum atomic E-state index is 11.9. The first-order valence-electron chi connectivity index (χ1n) is 6.01. The normalized spacial score (nSPS) is 12.5. The third-order valence-electron chi connectivity index (χ3n) is 2.90. The standard InChI is InChI=1S/C14H22O2S/c1-6-16-12(15)14(4,5)10-13(2,3)11-8-7-9-17-11/h7-9H,6,10H2,1-5H3. The van der Waals surface area contributed by atoms with Crippen LogP contribution in [0.15, 0.2) is 17.5 Å². The Morgan fingerprint density at radius 1 is 1.35 bits per heavy atom. The van der Waals surface area contributed by atoms with Crippen molar-refractivity contribution in [1.82, 2.24) is 0 Å². The molecule has 1 rings (SSSR count). The van der Waals surface area contributed by atoms with Gasteiger partial charge in [-0.1, -0.05) is 19.9 Å². The van der Waals surface area contributed by atoms with Crippen molar-refractivity contribution < 1.29 is 9.53 Å². The van der Waals surface area contributed by atoms with Crippen molar-refractivity contribution in [2.24, 2.45) is 5.41 Å². The van der Waals surface area contributed by atoms with Crippen LogP contribution in [0, 0.1) is 5.41 Å². The lowest BCUT2D eigenvalue weighted by Crippen LogP contribution is -2.33. The van der Waals surface area contributed by atoms with Gasteiger partial charge in [0.2, 0.25) is 0 Å². The number of hydrogen-bond acceptors (Lipinski definition) is 3. The molecule has 0 aromatic carbocycles. The fourth-order valence-corrected chi connectivity index (χ4v) is 3.11. The summed E-state index contributed by atoms with van der Waals surface area (Å²) in [7, 11) is 0. The molecule has 0 fully saturated rings. The van der Waals surface area contributed by atoms with E-state index in [1.54, 1.807) is 11.3 Å². The van der Waals surface area contributed by atoms with E-state index >= 15 is 0 Å². The van der Waals surface area contributed by atoms with Gasteiger partial charge < -0.3 is 4.74 Å². The molecule has 0 atom stereocenters. The van der Waals surface area contributed by atoms with Crippen molar-refractivity contribution >= 4 is 17.3 Å². The van der Waals surface area contributed by atoms with Crippen LogP contribution < -0.4 is 0 Å². The summed E-state index contributed by atoms with van der Waals surface area (Å²) < 4.78 is 5.13. The summed E-state index contributed by atoms with van der Waals surface area (Å²) >= 11 is 1.74. The van der Waals surface area contributed by atoms with Gasteiger partial charge in [0.25, 0.3) is 0 Å². The Labute approximate surface area is 108 Å². The Bertz CT molecular complexity index is 364. The van der Waals surface area contributed by atoms with Gasteiger partial charge in [-0.15, -0.1) is 11.3 Å². The van der Waals surface area contributed by atoms with E-state index in [0.717, 1.165) is 6.42 Å². The van der Waals surface area contributed by atoms with Crippen molar-refractivity contribution in [3.63, 3.8) is 0 Å². The van der Waals surface area contributed by atoms with Gasteiger partial charge >= 0.3 is 5.97 Å². The van der Waals surface area contributed by atoms with Crippen molar-refractivity contribution in [2.75, 3.05) is 6.61 Å². The average molecular weight is 254 g/mol. The monoisotopic (exact) mass is 254 g/mol. The maximum absolute atomic E-state index is 11.9. The molecular weight excluding hydrogens is 232 g/mol. The lowest BCUT2D eigenvalue weighted by molar-refractivity contribution is -0.154. The Hall–Kier alpha value is -0.830.